The number of methoxy groups -OCH3 is 2. The summed E-state index contributed by atoms with van der Waals surface area (Å²) in [6, 6.07) is 5.88. The highest BCUT2D eigenvalue weighted by Gasteiger charge is 2.35. The molecule has 0 spiro atoms. The fraction of sp³-hybridized carbons (Fsp3) is 0.550. The predicted octanol–water partition coefficient (Wildman–Crippen LogP) is 3.10. The molecule has 2 aliphatic rings. The molecule has 0 heterocycles. The summed E-state index contributed by atoms with van der Waals surface area (Å²) in [5, 5.41) is 3.09. The first kappa shape index (κ1) is 17.6. The molecule has 0 radical (unpaired) electrons. The van der Waals surface area contributed by atoms with E-state index in [2.05, 4.69) is 17.5 Å². The van der Waals surface area contributed by atoms with Crippen LogP contribution in [0.1, 0.15) is 18.4 Å². The van der Waals surface area contributed by atoms with E-state index >= 15 is 0 Å². The van der Waals surface area contributed by atoms with Gasteiger partial charge >= 0.3 is 6.03 Å². The van der Waals surface area contributed by atoms with Crippen molar-refractivity contribution < 1.29 is 14.3 Å². The van der Waals surface area contributed by atoms with Crippen LogP contribution in [0.3, 0.4) is 0 Å². The molecule has 1 N–H and O–H groups in total. The Morgan fingerprint density at radius 3 is 2.64 bits per heavy atom. The fourth-order valence-electron chi connectivity index (χ4n) is 3.92. The van der Waals surface area contributed by atoms with E-state index in [1.54, 1.807) is 19.1 Å². The third-order valence-electron chi connectivity index (χ3n) is 5.46. The molecule has 0 saturated heterocycles. The van der Waals surface area contributed by atoms with Crippen molar-refractivity contribution in [3.05, 3.63) is 35.9 Å². The number of urea groups is 1. The summed E-state index contributed by atoms with van der Waals surface area (Å²) in [5.41, 5.74) is 1.12. The second-order valence-electron chi connectivity index (χ2n) is 7.09. The molecule has 1 fully saturated rings. The lowest BCUT2D eigenvalue weighted by molar-refractivity contribution is 0.206. The van der Waals surface area contributed by atoms with Crippen molar-refractivity contribution in [2.45, 2.75) is 19.3 Å². The number of nitrogens with zero attached hydrogens (tertiary/aromatic N) is 1. The van der Waals surface area contributed by atoms with Crippen molar-refractivity contribution in [3.63, 3.8) is 0 Å². The molecule has 1 aromatic carbocycles. The zero-order valence-electron chi connectivity index (χ0n) is 15.3. The number of likely N-dealkylation sites (N-methyl/N-ethyl adjacent to an activating group) is 1. The van der Waals surface area contributed by atoms with Gasteiger partial charge in [-0.05, 0) is 54.7 Å². The first-order valence-corrected chi connectivity index (χ1v) is 8.99. The van der Waals surface area contributed by atoms with E-state index in [1.807, 2.05) is 25.2 Å². The van der Waals surface area contributed by atoms with Crippen LogP contribution in [0.15, 0.2) is 30.4 Å². The average molecular weight is 344 g/mol. The summed E-state index contributed by atoms with van der Waals surface area (Å²) in [4.78, 5) is 14.1. The van der Waals surface area contributed by atoms with Crippen molar-refractivity contribution in [2.75, 3.05) is 34.4 Å². The Labute approximate surface area is 150 Å². The number of nitrogens with one attached hydrogen (secondary N) is 1. The van der Waals surface area contributed by atoms with Crippen molar-refractivity contribution in [3.8, 4) is 11.5 Å². The quantitative estimate of drug-likeness (QED) is 0.773. The van der Waals surface area contributed by atoms with E-state index in [4.69, 9.17) is 9.47 Å². The smallest absolute Gasteiger partial charge is 0.317 e. The number of hydrogen-bond donors (Lipinski definition) is 1. The first-order valence-electron chi connectivity index (χ1n) is 8.99. The molecule has 1 aromatic rings. The van der Waals surface area contributed by atoms with Crippen LogP contribution in [-0.4, -0.2) is 45.3 Å². The number of ether oxygens (including phenoxy) is 2. The Morgan fingerprint density at radius 2 is 2.00 bits per heavy atom. The van der Waals surface area contributed by atoms with E-state index in [0.29, 0.717) is 18.4 Å². The zero-order valence-corrected chi connectivity index (χ0v) is 15.3. The standard InChI is InChI=1S/C20H28N2O3/c1-22(9-8-14-5-7-18(24-2)19(12-14)25-3)20(23)21-13-17-11-15-4-6-16(17)10-15/h4-7,12,15-17H,8-11,13H2,1-3H3,(H,21,23)/t15-,16+,17+/m1/s1. The predicted molar refractivity (Wildman–Crippen MR) is 98.1 cm³/mol. The number of rotatable bonds is 7. The Kier molecular flexibility index (Phi) is 5.51. The van der Waals surface area contributed by atoms with Crippen molar-refractivity contribution in [2.24, 2.45) is 17.8 Å². The van der Waals surface area contributed by atoms with Crippen LogP contribution < -0.4 is 14.8 Å². The minimum atomic E-state index is 0.00669. The zero-order chi connectivity index (χ0) is 17.8. The maximum absolute atomic E-state index is 12.3. The van der Waals surface area contributed by atoms with Gasteiger partial charge in [0.05, 0.1) is 14.2 Å². The monoisotopic (exact) mass is 344 g/mol. The number of carbonyl (C=O) groups is 1. The number of allylic oxidation sites excluding steroid dienone is 2. The van der Waals surface area contributed by atoms with Crippen LogP contribution in [0.25, 0.3) is 0 Å². The Morgan fingerprint density at radius 1 is 1.20 bits per heavy atom. The molecule has 0 aromatic heterocycles. The minimum absolute atomic E-state index is 0.00669. The van der Waals surface area contributed by atoms with Gasteiger partial charge in [0.2, 0.25) is 0 Å². The van der Waals surface area contributed by atoms with Crippen LogP contribution in [0.5, 0.6) is 11.5 Å². The molecule has 2 amide bonds. The molecule has 2 bridgehead atoms. The van der Waals surface area contributed by atoms with Gasteiger partial charge < -0.3 is 19.7 Å². The number of amides is 2. The van der Waals surface area contributed by atoms with E-state index in [1.165, 1.54) is 12.8 Å². The molecule has 1 saturated carbocycles. The average Bonchev–Trinajstić information content (AvgIpc) is 3.26. The second-order valence-corrected chi connectivity index (χ2v) is 7.09. The molecule has 5 heteroatoms. The molecule has 136 valence electrons. The van der Waals surface area contributed by atoms with Crippen molar-refractivity contribution in [1.29, 1.82) is 0 Å². The lowest BCUT2D eigenvalue weighted by atomic mass is 9.94. The molecule has 0 unspecified atom stereocenters. The SMILES string of the molecule is COc1ccc(CCN(C)C(=O)NC[C@@H]2C[C@@H]3C=C[C@H]2C3)cc1OC. The molecule has 2 aliphatic carbocycles. The number of carbonyl (C=O) groups excluding carboxylic acids is 1. The number of benzene rings is 1. The topological polar surface area (TPSA) is 50.8 Å². The van der Waals surface area contributed by atoms with Gasteiger partial charge in [-0.1, -0.05) is 18.2 Å². The normalized spacial score (nSPS) is 23.6. The van der Waals surface area contributed by atoms with E-state index in [-0.39, 0.29) is 6.03 Å². The van der Waals surface area contributed by atoms with Gasteiger partial charge in [0.25, 0.3) is 0 Å². The number of hydrogen-bond acceptors (Lipinski definition) is 3. The van der Waals surface area contributed by atoms with Gasteiger partial charge in [-0.2, -0.15) is 0 Å². The van der Waals surface area contributed by atoms with Gasteiger partial charge in [-0.25, -0.2) is 4.79 Å². The van der Waals surface area contributed by atoms with E-state index in [0.717, 1.165) is 35.9 Å². The largest absolute Gasteiger partial charge is 0.493 e. The summed E-state index contributed by atoms with van der Waals surface area (Å²) in [6.45, 7) is 1.45. The molecule has 5 nitrogen and oxygen atoms in total. The highest BCUT2D eigenvalue weighted by Crippen LogP contribution is 2.42. The van der Waals surface area contributed by atoms with Crippen LogP contribution >= 0.6 is 0 Å². The molecular formula is C20H28N2O3. The summed E-state index contributed by atoms with van der Waals surface area (Å²) in [6.07, 6.45) is 7.93. The lowest BCUT2D eigenvalue weighted by Crippen LogP contribution is -2.41. The first-order chi connectivity index (χ1) is 12.1. The third kappa shape index (κ3) is 4.09. The maximum atomic E-state index is 12.3. The van der Waals surface area contributed by atoms with Crippen LogP contribution in [0.4, 0.5) is 4.79 Å². The van der Waals surface area contributed by atoms with E-state index in [9.17, 15) is 4.79 Å². The molecule has 3 rings (SSSR count). The Hall–Kier alpha value is -2.17. The summed E-state index contributed by atoms with van der Waals surface area (Å²) in [7, 11) is 5.10. The third-order valence-corrected chi connectivity index (χ3v) is 5.46. The van der Waals surface area contributed by atoms with Gasteiger partial charge in [-0.3, -0.25) is 0 Å². The second kappa shape index (κ2) is 7.81. The number of fused-ring (bicyclic) bond motifs is 2. The molecule has 25 heavy (non-hydrogen) atoms. The van der Waals surface area contributed by atoms with Crippen molar-refractivity contribution >= 4 is 6.03 Å². The van der Waals surface area contributed by atoms with Crippen LogP contribution in [0, 0.1) is 17.8 Å². The highest BCUT2D eigenvalue weighted by atomic mass is 16.5. The fourth-order valence-corrected chi connectivity index (χ4v) is 3.92. The lowest BCUT2D eigenvalue weighted by Gasteiger charge is -2.22. The maximum Gasteiger partial charge on any atom is 0.317 e. The Bertz CT molecular complexity index is 644. The van der Waals surface area contributed by atoms with Gasteiger partial charge in [0.1, 0.15) is 0 Å². The molecule has 0 aliphatic heterocycles. The van der Waals surface area contributed by atoms with Gasteiger partial charge in [-0.15, -0.1) is 0 Å². The summed E-state index contributed by atoms with van der Waals surface area (Å²) < 4.78 is 10.6. The minimum Gasteiger partial charge on any atom is -0.493 e. The summed E-state index contributed by atoms with van der Waals surface area (Å²) in [5.74, 6) is 3.46. The highest BCUT2D eigenvalue weighted by molar-refractivity contribution is 5.73. The molecular weight excluding hydrogens is 316 g/mol. The van der Waals surface area contributed by atoms with Crippen LogP contribution in [-0.2, 0) is 6.42 Å². The summed E-state index contributed by atoms with van der Waals surface area (Å²) >= 11 is 0. The van der Waals surface area contributed by atoms with Gasteiger partial charge in [0.15, 0.2) is 11.5 Å². The van der Waals surface area contributed by atoms with Gasteiger partial charge in [0, 0.05) is 20.1 Å². The molecule has 3 atom stereocenters. The Balaban J connectivity index is 1.44. The van der Waals surface area contributed by atoms with E-state index < -0.39 is 0 Å². The van der Waals surface area contributed by atoms with Crippen molar-refractivity contribution in [1.82, 2.24) is 10.2 Å². The van der Waals surface area contributed by atoms with Crippen LogP contribution in [0.2, 0.25) is 0 Å².